The highest BCUT2D eigenvalue weighted by atomic mass is 19.1. The predicted octanol–water partition coefficient (Wildman–Crippen LogP) is 4.42. The van der Waals surface area contributed by atoms with E-state index in [1.807, 2.05) is 13.1 Å². The van der Waals surface area contributed by atoms with Gasteiger partial charge in [0.2, 0.25) is 0 Å². The first-order chi connectivity index (χ1) is 17.6. The van der Waals surface area contributed by atoms with Crippen molar-refractivity contribution in [3.8, 4) is 11.5 Å². The van der Waals surface area contributed by atoms with E-state index in [2.05, 4.69) is 23.7 Å². The molecule has 2 atom stereocenters. The minimum absolute atomic E-state index is 0.0571. The molecule has 2 unspecified atom stereocenters. The number of aromatic nitrogens is 1. The first kappa shape index (κ1) is 25.1. The van der Waals surface area contributed by atoms with Crippen LogP contribution in [0.15, 0.2) is 36.4 Å². The van der Waals surface area contributed by atoms with E-state index < -0.39 is 17.4 Å². The molecule has 0 spiro atoms. The summed E-state index contributed by atoms with van der Waals surface area (Å²) < 4.78 is 19.8. The second-order valence-corrected chi connectivity index (χ2v) is 10.5. The quantitative estimate of drug-likeness (QED) is 0.461. The molecular weight excluding hydrogens is 475 g/mol. The number of carbonyl (C=O) groups excluding carboxylic acids is 2. The number of rotatable bonds is 7. The Hall–Kier alpha value is -3.59. The number of fused-ring (bicyclic) bond motifs is 4. The average molecular weight is 509 g/mol. The number of phenolic OH excluding ortho intramolecular Hbond substituents is 1. The number of methoxy groups -OCH3 is 1. The number of phenols is 1. The Balaban J connectivity index is 1.62. The lowest BCUT2D eigenvalue weighted by Gasteiger charge is -2.42. The second kappa shape index (κ2) is 9.06. The van der Waals surface area contributed by atoms with Crippen molar-refractivity contribution in [2.24, 2.45) is 0 Å². The number of aromatic hydroxyl groups is 1. The molecule has 9 heteroatoms. The smallest absolute Gasteiger partial charge is 0.328 e. The monoisotopic (exact) mass is 508 g/mol. The van der Waals surface area contributed by atoms with Gasteiger partial charge in [-0.25, -0.2) is 9.18 Å². The van der Waals surface area contributed by atoms with E-state index in [0.717, 1.165) is 17.5 Å². The van der Waals surface area contributed by atoms with Gasteiger partial charge in [0.05, 0.1) is 7.11 Å². The van der Waals surface area contributed by atoms with Crippen molar-refractivity contribution in [2.75, 3.05) is 27.2 Å². The molecule has 3 aromatic rings. The van der Waals surface area contributed by atoms with Crippen molar-refractivity contribution < 1.29 is 23.8 Å². The Morgan fingerprint density at radius 2 is 2.03 bits per heavy atom. The number of H-pyrrole nitrogens is 1. The number of aromatic amines is 1. The summed E-state index contributed by atoms with van der Waals surface area (Å²) >= 11 is 0. The third-order valence-corrected chi connectivity index (χ3v) is 7.90. The number of carbonyl (C=O) groups is 2. The molecule has 37 heavy (non-hydrogen) atoms. The van der Waals surface area contributed by atoms with Gasteiger partial charge in [0.15, 0.2) is 11.6 Å². The van der Waals surface area contributed by atoms with E-state index in [9.17, 15) is 19.1 Å². The minimum Gasteiger partial charge on any atom is -0.508 e. The van der Waals surface area contributed by atoms with Crippen molar-refractivity contribution in [3.63, 3.8) is 0 Å². The molecule has 2 aliphatic heterocycles. The van der Waals surface area contributed by atoms with Gasteiger partial charge in [-0.15, -0.1) is 0 Å². The number of hydrogen-bond acceptors (Lipinski definition) is 5. The van der Waals surface area contributed by atoms with Gasteiger partial charge in [-0.1, -0.05) is 12.1 Å². The van der Waals surface area contributed by atoms with Crippen molar-refractivity contribution >= 4 is 22.8 Å². The molecule has 3 amide bonds. The fourth-order valence-corrected chi connectivity index (χ4v) is 5.65. The molecule has 1 fully saturated rings. The van der Waals surface area contributed by atoms with Crippen LogP contribution in [0.5, 0.6) is 11.5 Å². The first-order valence-corrected chi connectivity index (χ1v) is 12.6. The molecule has 0 radical (unpaired) electrons. The molecule has 0 bridgehead atoms. The molecule has 5 rings (SSSR count). The maximum Gasteiger partial charge on any atom is 0.328 e. The summed E-state index contributed by atoms with van der Waals surface area (Å²) in [5.74, 6) is -0.579. The number of benzene rings is 2. The van der Waals surface area contributed by atoms with Crippen LogP contribution in [-0.2, 0) is 11.2 Å². The zero-order valence-electron chi connectivity index (χ0n) is 21.8. The van der Waals surface area contributed by atoms with E-state index in [0.29, 0.717) is 35.8 Å². The van der Waals surface area contributed by atoms with Gasteiger partial charge in [0, 0.05) is 41.7 Å². The van der Waals surface area contributed by atoms with Crippen LogP contribution in [0, 0.1) is 5.82 Å². The topological polar surface area (TPSA) is 89.1 Å². The van der Waals surface area contributed by atoms with Crippen LogP contribution >= 0.6 is 0 Å². The predicted molar refractivity (Wildman–Crippen MR) is 138 cm³/mol. The summed E-state index contributed by atoms with van der Waals surface area (Å²) in [7, 11) is 3.44. The molecule has 1 saturated heterocycles. The maximum atomic E-state index is 14.6. The Labute approximate surface area is 215 Å². The largest absolute Gasteiger partial charge is 0.508 e. The van der Waals surface area contributed by atoms with Crippen LogP contribution in [0.4, 0.5) is 9.18 Å². The van der Waals surface area contributed by atoms with E-state index in [1.54, 1.807) is 36.1 Å². The molecule has 0 aliphatic carbocycles. The number of halogens is 1. The third kappa shape index (κ3) is 3.92. The Bertz CT molecular complexity index is 1390. The summed E-state index contributed by atoms with van der Waals surface area (Å²) in [4.78, 5) is 36.2. The van der Waals surface area contributed by atoms with Crippen molar-refractivity contribution in [1.29, 1.82) is 0 Å². The van der Waals surface area contributed by atoms with Crippen LogP contribution in [0.3, 0.4) is 0 Å². The standard InChI is InChI=1S/C28H33FN4O4/c1-16(2)31(4)10-7-11-32-26(35)28(3)15-20-19-13-23(37-5)21(29)14-22(19)30-24(20)25(33(28)27(32)36)17-8-6-9-18(34)12-17/h6,8-9,12-14,16,25,30,34H,7,10-11,15H2,1-5H3. The SMILES string of the molecule is COc1cc2c3c([nH]c2cc1F)C(c1cccc(O)c1)N1C(=O)N(CCCN(C)C(C)C)C(=O)C1(C)C3. The van der Waals surface area contributed by atoms with Gasteiger partial charge in [-0.05, 0) is 70.1 Å². The zero-order chi connectivity index (χ0) is 26.6. The maximum absolute atomic E-state index is 14.6. The Morgan fingerprint density at radius 3 is 2.70 bits per heavy atom. The molecule has 2 N–H and O–H groups in total. The van der Waals surface area contributed by atoms with Gasteiger partial charge in [-0.3, -0.25) is 14.6 Å². The highest BCUT2D eigenvalue weighted by Gasteiger charge is 2.60. The fraction of sp³-hybridized carbons (Fsp3) is 0.429. The number of hydrogen-bond donors (Lipinski definition) is 2. The average Bonchev–Trinajstić information content (AvgIpc) is 3.28. The summed E-state index contributed by atoms with van der Waals surface area (Å²) in [6.45, 7) is 7.09. The second-order valence-electron chi connectivity index (χ2n) is 10.5. The molecule has 1 aromatic heterocycles. The van der Waals surface area contributed by atoms with E-state index in [1.165, 1.54) is 18.1 Å². The molecule has 0 saturated carbocycles. The number of imide groups is 1. The lowest BCUT2D eigenvalue weighted by molar-refractivity contribution is -0.133. The van der Waals surface area contributed by atoms with Crippen LogP contribution in [0.1, 0.15) is 50.1 Å². The Morgan fingerprint density at radius 1 is 1.27 bits per heavy atom. The molecule has 2 aliphatic rings. The number of nitrogens with zero attached hydrogens (tertiary/aromatic N) is 3. The van der Waals surface area contributed by atoms with Crippen LogP contribution in [0.2, 0.25) is 0 Å². The Kier molecular flexibility index (Phi) is 6.14. The fourth-order valence-electron chi connectivity index (χ4n) is 5.65. The van der Waals surface area contributed by atoms with E-state index in [4.69, 9.17) is 4.74 Å². The summed E-state index contributed by atoms with van der Waals surface area (Å²) in [6, 6.07) is 9.05. The lowest BCUT2D eigenvalue weighted by Crippen LogP contribution is -2.53. The number of amides is 3. The number of urea groups is 1. The van der Waals surface area contributed by atoms with Gasteiger partial charge < -0.3 is 19.7 Å². The van der Waals surface area contributed by atoms with Gasteiger partial charge in [-0.2, -0.15) is 0 Å². The van der Waals surface area contributed by atoms with Crippen molar-refractivity contribution in [3.05, 3.63) is 59.0 Å². The molecule has 196 valence electrons. The molecule has 3 heterocycles. The summed E-state index contributed by atoms with van der Waals surface area (Å²) in [5.41, 5.74) is 1.62. The normalized spacial score (nSPS) is 21.4. The third-order valence-electron chi connectivity index (χ3n) is 7.90. The van der Waals surface area contributed by atoms with Crippen molar-refractivity contribution in [2.45, 2.75) is 51.2 Å². The number of ether oxygens (including phenoxy) is 1. The van der Waals surface area contributed by atoms with Crippen LogP contribution in [-0.4, -0.2) is 75.6 Å². The van der Waals surface area contributed by atoms with Gasteiger partial charge in [0.25, 0.3) is 5.91 Å². The van der Waals surface area contributed by atoms with Crippen molar-refractivity contribution in [1.82, 2.24) is 19.7 Å². The first-order valence-electron chi connectivity index (χ1n) is 12.6. The molecule has 2 aromatic carbocycles. The highest BCUT2D eigenvalue weighted by Crippen LogP contribution is 2.49. The van der Waals surface area contributed by atoms with Gasteiger partial charge >= 0.3 is 6.03 Å². The lowest BCUT2D eigenvalue weighted by atomic mass is 9.81. The minimum atomic E-state index is -1.14. The van der Waals surface area contributed by atoms with Gasteiger partial charge in [0.1, 0.15) is 17.3 Å². The summed E-state index contributed by atoms with van der Waals surface area (Å²) in [5, 5.41) is 11.0. The van der Waals surface area contributed by atoms with E-state index >= 15 is 0 Å². The highest BCUT2D eigenvalue weighted by molar-refractivity contribution is 6.08. The van der Waals surface area contributed by atoms with Crippen LogP contribution in [0.25, 0.3) is 10.9 Å². The van der Waals surface area contributed by atoms with E-state index in [-0.39, 0.29) is 29.9 Å². The molecule has 8 nitrogen and oxygen atoms in total. The zero-order valence-corrected chi connectivity index (χ0v) is 21.8. The van der Waals surface area contributed by atoms with Crippen LogP contribution < -0.4 is 4.74 Å². The number of nitrogens with one attached hydrogen (secondary N) is 1. The molecular formula is C28H33FN4O4. The summed E-state index contributed by atoms with van der Waals surface area (Å²) in [6.07, 6.45) is 0.941.